The summed E-state index contributed by atoms with van der Waals surface area (Å²) in [4.78, 5) is 23.3. The van der Waals surface area contributed by atoms with Crippen molar-refractivity contribution < 1.29 is 28.5 Å². The van der Waals surface area contributed by atoms with Gasteiger partial charge in [0.05, 0.1) is 25.4 Å². The van der Waals surface area contributed by atoms with Crippen molar-refractivity contribution in [1.82, 2.24) is 0 Å². The van der Waals surface area contributed by atoms with Gasteiger partial charge in [0.15, 0.2) is 0 Å². The Morgan fingerprint density at radius 1 is 0.457 bits per heavy atom. The average Bonchev–Trinajstić information content (AvgIpc) is 3.02. The SMILES string of the molecule is CC(C)OC(=O)CCCCCCCCCOc1c2ccccc2c(OCCCCCCCCCC(=O)OC(C)C)c2ccccc12. The Balaban J connectivity index is 1.40. The number of hydrogen-bond donors (Lipinski definition) is 0. The van der Waals surface area contributed by atoms with Crippen molar-refractivity contribution in [2.24, 2.45) is 0 Å². The molecule has 0 spiro atoms. The van der Waals surface area contributed by atoms with Gasteiger partial charge >= 0.3 is 11.9 Å². The monoisotopic (exact) mass is 634 g/mol. The third-order valence-electron chi connectivity index (χ3n) is 8.11. The molecule has 0 unspecified atom stereocenters. The van der Waals surface area contributed by atoms with E-state index < -0.39 is 0 Å². The van der Waals surface area contributed by atoms with Crippen LogP contribution >= 0.6 is 0 Å². The highest BCUT2D eigenvalue weighted by atomic mass is 16.5. The summed E-state index contributed by atoms with van der Waals surface area (Å²) in [7, 11) is 0. The standard InChI is InChI=1S/C40H58O6/c1-31(2)45-37(41)27-15-11-7-5-9-13-21-29-43-39-33-23-17-19-25-35(33)40(36-26-20-18-24-34(36)39)44-30-22-14-10-6-8-12-16-28-38(42)46-32(3)4/h17-20,23-26,31-32H,5-16,21-22,27-30H2,1-4H3. The summed E-state index contributed by atoms with van der Waals surface area (Å²) in [5, 5.41) is 4.41. The molecule has 6 nitrogen and oxygen atoms in total. The van der Waals surface area contributed by atoms with Crippen molar-refractivity contribution in [3.05, 3.63) is 48.5 Å². The van der Waals surface area contributed by atoms with Crippen molar-refractivity contribution in [2.45, 2.75) is 143 Å². The number of unbranched alkanes of at least 4 members (excludes halogenated alkanes) is 12. The zero-order valence-corrected chi connectivity index (χ0v) is 29.0. The van der Waals surface area contributed by atoms with Gasteiger partial charge < -0.3 is 18.9 Å². The molecule has 0 aliphatic rings. The van der Waals surface area contributed by atoms with Crippen LogP contribution in [0.1, 0.15) is 130 Å². The molecule has 3 aromatic rings. The summed E-state index contributed by atoms with van der Waals surface area (Å²) in [6.45, 7) is 8.95. The zero-order valence-electron chi connectivity index (χ0n) is 29.0. The topological polar surface area (TPSA) is 71.1 Å². The maximum atomic E-state index is 11.7. The second kappa shape index (κ2) is 21.5. The lowest BCUT2D eigenvalue weighted by molar-refractivity contribution is -0.148. The molecule has 6 heteroatoms. The van der Waals surface area contributed by atoms with Crippen LogP contribution in [0.4, 0.5) is 0 Å². The molecule has 0 N–H and O–H groups in total. The summed E-state index contributed by atoms with van der Waals surface area (Å²) in [6, 6.07) is 16.9. The third kappa shape index (κ3) is 13.6. The Labute approximate surface area is 277 Å². The second-order valence-corrected chi connectivity index (χ2v) is 13.0. The molecular weight excluding hydrogens is 576 g/mol. The molecule has 0 aliphatic carbocycles. The molecule has 0 aromatic heterocycles. The van der Waals surface area contributed by atoms with Gasteiger partial charge in [-0.2, -0.15) is 0 Å². The normalized spacial score (nSPS) is 11.4. The lowest BCUT2D eigenvalue weighted by atomic mass is 10.0. The molecule has 0 aliphatic heterocycles. The molecule has 0 radical (unpaired) electrons. The fourth-order valence-corrected chi connectivity index (χ4v) is 5.86. The summed E-state index contributed by atoms with van der Waals surface area (Å²) < 4.78 is 23.4. The Hall–Kier alpha value is -3.28. The first-order chi connectivity index (χ1) is 22.4. The van der Waals surface area contributed by atoms with Gasteiger partial charge in [-0.05, 0) is 53.4 Å². The van der Waals surface area contributed by atoms with Crippen LogP contribution in [0.3, 0.4) is 0 Å². The highest BCUT2D eigenvalue weighted by Gasteiger charge is 2.16. The molecule has 0 heterocycles. The van der Waals surface area contributed by atoms with E-state index in [1.165, 1.54) is 25.7 Å². The molecule has 0 bridgehead atoms. The molecular formula is C40H58O6. The molecule has 3 aromatic carbocycles. The van der Waals surface area contributed by atoms with Gasteiger partial charge in [0.25, 0.3) is 0 Å². The number of rotatable bonds is 24. The highest BCUT2D eigenvalue weighted by molar-refractivity contribution is 6.11. The first kappa shape index (κ1) is 37.2. The van der Waals surface area contributed by atoms with E-state index in [2.05, 4.69) is 48.5 Å². The lowest BCUT2D eigenvalue weighted by Crippen LogP contribution is -2.10. The van der Waals surface area contributed by atoms with E-state index >= 15 is 0 Å². The number of ether oxygens (including phenoxy) is 4. The first-order valence-corrected chi connectivity index (χ1v) is 17.9. The van der Waals surface area contributed by atoms with Crippen LogP contribution in [0.2, 0.25) is 0 Å². The van der Waals surface area contributed by atoms with Crippen molar-refractivity contribution in [2.75, 3.05) is 13.2 Å². The number of esters is 2. The van der Waals surface area contributed by atoms with E-state index in [1.807, 2.05) is 27.7 Å². The smallest absolute Gasteiger partial charge is 0.306 e. The van der Waals surface area contributed by atoms with Crippen LogP contribution in [-0.2, 0) is 19.1 Å². The van der Waals surface area contributed by atoms with Crippen molar-refractivity contribution >= 4 is 33.5 Å². The van der Waals surface area contributed by atoms with Gasteiger partial charge in [0.2, 0.25) is 0 Å². The Kier molecular flexibility index (Phi) is 17.4. The molecule has 0 amide bonds. The minimum atomic E-state index is -0.0789. The zero-order chi connectivity index (χ0) is 33.0. The lowest BCUT2D eigenvalue weighted by Gasteiger charge is -2.18. The van der Waals surface area contributed by atoms with Crippen LogP contribution < -0.4 is 9.47 Å². The van der Waals surface area contributed by atoms with Crippen molar-refractivity contribution in [3.8, 4) is 11.5 Å². The fraction of sp³-hybridized carbons (Fsp3) is 0.600. The van der Waals surface area contributed by atoms with Crippen LogP contribution in [0, 0.1) is 0 Å². The van der Waals surface area contributed by atoms with E-state index in [1.54, 1.807) is 0 Å². The second-order valence-electron chi connectivity index (χ2n) is 13.0. The third-order valence-corrected chi connectivity index (χ3v) is 8.11. The number of fused-ring (bicyclic) bond motifs is 2. The van der Waals surface area contributed by atoms with Gasteiger partial charge in [0, 0.05) is 34.4 Å². The quantitative estimate of drug-likeness (QED) is 0.0555. The van der Waals surface area contributed by atoms with Gasteiger partial charge in [0.1, 0.15) is 11.5 Å². The molecule has 46 heavy (non-hydrogen) atoms. The maximum absolute atomic E-state index is 11.7. The van der Waals surface area contributed by atoms with E-state index in [9.17, 15) is 9.59 Å². The van der Waals surface area contributed by atoms with Crippen LogP contribution in [0.5, 0.6) is 11.5 Å². The van der Waals surface area contributed by atoms with E-state index in [0.717, 1.165) is 97.3 Å². The van der Waals surface area contributed by atoms with Crippen LogP contribution in [-0.4, -0.2) is 37.4 Å². The minimum Gasteiger partial charge on any atom is -0.492 e. The molecule has 0 atom stereocenters. The predicted molar refractivity (Wildman–Crippen MR) is 189 cm³/mol. The summed E-state index contributed by atoms with van der Waals surface area (Å²) in [5.41, 5.74) is 0. The Morgan fingerprint density at radius 2 is 0.739 bits per heavy atom. The molecule has 0 fully saturated rings. The summed E-state index contributed by atoms with van der Waals surface area (Å²) in [5.74, 6) is 1.74. The highest BCUT2D eigenvalue weighted by Crippen LogP contribution is 2.42. The average molecular weight is 635 g/mol. The Morgan fingerprint density at radius 3 is 1.04 bits per heavy atom. The number of carbonyl (C=O) groups is 2. The van der Waals surface area contributed by atoms with E-state index in [4.69, 9.17) is 18.9 Å². The van der Waals surface area contributed by atoms with E-state index in [-0.39, 0.29) is 24.1 Å². The van der Waals surface area contributed by atoms with Gasteiger partial charge in [-0.1, -0.05) is 113 Å². The largest absolute Gasteiger partial charge is 0.492 e. The predicted octanol–water partition coefficient (Wildman–Crippen LogP) is 10.9. The Bertz CT molecular complexity index is 1160. The van der Waals surface area contributed by atoms with E-state index in [0.29, 0.717) is 26.1 Å². The fourth-order valence-electron chi connectivity index (χ4n) is 5.86. The van der Waals surface area contributed by atoms with Gasteiger partial charge in [-0.25, -0.2) is 0 Å². The number of benzene rings is 3. The minimum absolute atomic E-state index is 0.0274. The van der Waals surface area contributed by atoms with Gasteiger partial charge in [-0.15, -0.1) is 0 Å². The first-order valence-electron chi connectivity index (χ1n) is 17.9. The maximum Gasteiger partial charge on any atom is 0.306 e. The summed E-state index contributed by atoms with van der Waals surface area (Å²) in [6.07, 6.45) is 16.4. The number of hydrogen-bond acceptors (Lipinski definition) is 6. The number of carbonyl (C=O) groups excluding carboxylic acids is 2. The van der Waals surface area contributed by atoms with Crippen LogP contribution in [0.15, 0.2) is 48.5 Å². The summed E-state index contributed by atoms with van der Waals surface area (Å²) >= 11 is 0. The molecule has 0 saturated carbocycles. The van der Waals surface area contributed by atoms with Crippen molar-refractivity contribution in [1.29, 1.82) is 0 Å². The van der Waals surface area contributed by atoms with Crippen LogP contribution in [0.25, 0.3) is 21.5 Å². The molecule has 254 valence electrons. The van der Waals surface area contributed by atoms with Crippen molar-refractivity contribution in [3.63, 3.8) is 0 Å². The molecule has 0 saturated heterocycles. The molecule has 3 rings (SSSR count). The van der Waals surface area contributed by atoms with Gasteiger partial charge in [-0.3, -0.25) is 9.59 Å².